The van der Waals surface area contributed by atoms with Crippen LogP contribution in [0.1, 0.15) is 41.6 Å². The Morgan fingerprint density at radius 3 is 1.96 bits per heavy atom. The second-order valence-electron chi connectivity index (χ2n) is 6.11. The molecule has 0 aromatic heterocycles. The predicted molar refractivity (Wildman–Crippen MR) is 72.8 cm³/mol. The molecule has 2 unspecified atom stereocenters. The summed E-state index contributed by atoms with van der Waals surface area (Å²) in [4.78, 5) is 12.2. The van der Waals surface area contributed by atoms with Crippen molar-refractivity contribution in [2.75, 3.05) is 0 Å². The van der Waals surface area contributed by atoms with Crippen LogP contribution in [0.3, 0.4) is 0 Å². The van der Waals surface area contributed by atoms with Crippen LogP contribution in [-0.4, -0.2) is 29.7 Å². The second-order valence-corrected chi connectivity index (χ2v) is 6.11. The molecule has 0 radical (unpaired) electrons. The van der Waals surface area contributed by atoms with Crippen molar-refractivity contribution in [3.63, 3.8) is 0 Å². The van der Waals surface area contributed by atoms with Crippen LogP contribution in [0, 0.1) is 5.92 Å². The molecule has 0 spiro atoms. The molecule has 0 N–H and O–H groups in total. The Morgan fingerprint density at radius 2 is 1.46 bits per heavy atom. The van der Waals surface area contributed by atoms with Crippen molar-refractivity contribution in [3.8, 4) is 0 Å². The van der Waals surface area contributed by atoms with Gasteiger partial charge in [0.15, 0.2) is 5.78 Å². The molecular weight excluding hydrogens is 379 g/mol. The van der Waals surface area contributed by atoms with Crippen LogP contribution >= 0.6 is 0 Å². The van der Waals surface area contributed by atoms with Crippen molar-refractivity contribution in [1.82, 2.24) is 0 Å². The fraction of sp³-hybridized carbons (Fsp3) is 0.562. The third-order valence-electron chi connectivity index (χ3n) is 4.60. The van der Waals surface area contributed by atoms with Crippen LogP contribution < -0.4 is 0 Å². The molecule has 0 amide bonds. The van der Waals surface area contributed by atoms with Gasteiger partial charge in [0.25, 0.3) is 0 Å². The molecule has 1 aliphatic rings. The van der Waals surface area contributed by atoms with E-state index < -0.39 is 48.0 Å². The number of carbonyl (C=O) groups is 1. The average molecular weight is 392 g/mol. The van der Waals surface area contributed by atoms with Crippen LogP contribution in [0.25, 0.3) is 0 Å². The van der Waals surface area contributed by atoms with Crippen LogP contribution in [0.4, 0.5) is 39.5 Å². The molecule has 1 nitrogen and oxygen atoms in total. The lowest BCUT2D eigenvalue weighted by molar-refractivity contribution is -0.401. The SMILES string of the molecule is CCC1CC(C(F)(F)C(F)(F)C(F)(F)C(F)(F)F)C(=O)c2ccccc21. The third kappa shape index (κ3) is 2.77. The lowest BCUT2D eigenvalue weighted by atomic mass is 9.71. The molecule has 0 aliphatic heterocycles. The number of halogens is 9. The molecule has 10 heteroatoms. The highest BCUT2D eigenvalue weighted by molar-refractivity contribution is 6.01. The van der Waals surface area contributed by atoms with E-state index in [2.05, 4.69) is 0 Å². The van der Waals surface area contributed by atoms with E-state index in [1.165, 1.54) is 25.1 Å². The van der Waals surface area contributed by atoms with Crippen molar-refractivity contribution in [2.24, 2.45) is 5.92 Å². The van der Waals surface area contributed by atoms with Crippen LogP contribution in [-0.2, 0) is 0 Å². The van der Waals surface area contributed by atoms with Crippen molar-refractivity contribution in [1.29, 1.82) is 0 Å². The average Bonchev–Trinajstić information content (AvgIpc) is 2.53. The van der Waals surface area contributed by atoms with Gasteiger partial charge in [0.1, 0.15) is 0 Å². The van der Waals surface area contributed by atoms with E-state index in [0.29, 0.717) is 0 Å². The summed E-state index contributed by atoms with van der Waals surface area (Å²) in [7, 11) is 0. The molecule has 0 saturated carbocycles. The molecule has 0 bridgehead atoms. The number of fused-ring (bicyclic) bond motifs is 1. The number of carbonyl (C=O) groups excluding carboxylic acids is 1. The molecular formula is C16H13F9O. The molecule has 2 atom stereocenters. The molecule has 1 aromatic rings. The first-order chi connectivity index (χ1) is 11.7. The molecule has 0 heterocycles. The molecule has 0 saturated heterocycles. The minimum absolute atomic E-state index is 0.109. The van der Waals surface area contributed by atoms with Gasteiger partial charge in [-0.1, -0.05) is 31.2 Å². The van der Waals surface area contributed by atoms with E-state index in [1.807, 2.05) is 0 Å². The van der Waals surface area contributed by atoms with Gasteiger partial charge in [0.2, 0.25) is 0 Å². The quantitative estimate of drug-likeness (QED) is 0.588. The van der Waals surface area contributed by atoms with E-state index in [-0.39, 0.29) is 17.5 Å². The monoisotopic (exact) mass is 392 g/mol. The zero-order valence-corrected chi connectivity index (χ0v) is 13.2. The number of hydrogen-bond acceptors (Lipinski definition) is 1. The Balaban J connectivity index is 2.54. The first-order valence-corrected chi connectivity index (χ1v) is 7.53. The molecule has 26 heavy (non-hydrogen) atoms. The van der Waals surface area contributed by atoms with Gasteiger partial charge in [0.05, 0.1) is 5.92 Å². The normalized spacial score (nSPS) is 22.3. The summed E-state index contributed by atoms with van der Waals surface area (Å²) in [5.41, 5.74) is -0.0978. The second kappa shape index (κ2) is 6.16. The van der Waals surface area contributed by atoms with Crippen LogP contribution in [0.5, 0.6) is 0 Å². The number of ketones is 1. The van der Waals surface area contributed by atoms with Crippen molar-refractivity contribution in [3.05, 3.63) is 35.4 Å². The van der Waals surface area contributed by atoms with Gasteiger partial charge in [-0.2, -0.15) is 39.5 Å². The molecule has 2 rings (SSSR count). The minimum atomic E-state index is -7.00. The van der Waals surface area contributed by atoms with Crippen LogP contribution in [0.15, 0.2) is 24.3 Å². The largest absolute Gasteiger partial charge is 0.460 e. The maximum absolute atomic E-state index is 14.2. The molecule has 1 aliphatic carbocycles. The number of alkyl halides is 9. The van der Waals surface area contributed by atoms with E-state index in [1.54, 1.807) is 0 Å². The lowest BCUT2D eigenvalue weighted by Crippen LogP contribution is -2.64. The lowest BCUT2D eigenvalue weighted by Gasteiger charge is -2.40. The van der Waals surface area contributed by atoms with Gasteiger partial charge in [-0.15, -0.1) is 0 Å². The molecule has 146 valence electrons. The zero-order valence-electron chi connectivity index (χ0n) is 13.2. The van der Waals surface area contributed by atoms with E-state index in [9.17, 15) is 44.3 Å². The Morgan fingerprint density at radius 1 is 0.923 bits per heavy atom. The van der Waals surface area contributed by atoms with Gasteiger partial charge < -0.3 is 0 Å². The maximum atomic E-state index is 14.2. The van der Waals surface area contributed by atoms with Gasteiger partial charge in [-0.3, -0.25) is 4.79 Å². The third-order valence-corrected chi connectivity index (χ3v) is 4.60. The van der Waals surface area contributed by atoms with Crippen molar-refractivity contribution in [2.45, 2.75) is 49.6 Å². The highest BCUT2D eigenvalue weighted by Gasteiger charge is 2.83. The summed E-state index contributed by atoms with van der Waals surface area (Å²) in [6.07, 6.45) is -7.75. The van der Waals surface area contributed by atoms with Gasteiger partial charge in [0, 0.05) is 5.56 Å². The highest BCUT2D eigenvalue weighted by atomic mass is 19.4. The van der Waals surface area contributed by atoms with E-state index in [0.717, 1.165) is 6.07 Å². The fourth-order valence-corrected chi connectivity index (χ4v) is 3.09. The Kier molecular flexibility index (Phi) is 4.87. The fourth-order valence-electron chi connectivity index (χ4n) is 3.09. The Bertz CT molecular complexity index is 693. The number of benzene rings is 1. The molecule has 0 fully saturated rings. The number of Topliss-reactive ketones (excluding diaryl/α,β-unsaturated/α-hetero) is 1. The topological polar surface area (TPSA) is 17.1 Å². The summed E-state index contributed by atoms with van der Waals surface area (Å²) in [6.45, 7) is 1.49. The van der Waals surface area contributed by atoms with Crippen molar-refractivity contribution >= 4 is 5.78 Å². The molecule has 1 aromatic carbocycles. The Labute approximate surface area is 142 Å². The summed E-state index contributed by atoms with van der Waals surface area (Å²) < 4.78 is 119. The van der Waals surface area contributed by atoms with Crippen LogP contribution in [0.2, 0.25) is 0 Å². The van der Waals surface area contributed by atoms with Gasteiger partial charge in [-0.25, -0.2) is 0 Å². The first-order valence-electron chi connectivity index (χ1n) is 7.53. The summed E-state index contributed by atoms with van der Waals surface area (Å²) in [6, 6.07) is 5.19. The summed E-state index contributed by atoms with van der Waals surface area (Å²) >= 11 is 0. The number of rotatable bonds is 4. The van der Waals surface area contributed by atoms with Crippen molar-refractivity contribution < 1.29 is 44.3 Å². The summed E-state index contributed by atoms with van der Waals surface area (Å²) in [5.74, 6) is -25.1. The van der Waals surface area contributed by atoms with Gasteiger partial charge >= 0.3 is 23.9 Å². The minimum Gasteiger partial charge on any atom is -0.294 e. The smallest absolute Gasteiger partial charge is 0.294 e. The standard InChI is InChI=1S/C16H13F9O/c1-2-8-7-11(12(26)10-6-4-3-5-9(8)10)13(17,18)14(19,20)15(21,22)16(23,24)25/h3-6,8,11H,2,7H2,1H3. The number of hydrogen-bond donors (Lipinski definition) is 0. The zero-order chi connectivity index (χ0) is 20.1. The first kappa shape index (κ1) is 20.6. The summed E-state index contributed by atoms with van der Waals surface area (Å²) in [5, 5.41) is 0. The van der Waals surface area contributed by atoms with E-state index >= 15 is 0 Å². The maximum Gasteiger partial charge on any atom is 0.460 e. The van der Waals surface area contributed by atoms with Gasteiger partial charge in [-0.05, 0) is 24.3 Å². The highest BCUT2D eigenvalue weighted by Crippen LogP contribution is 2.57. The predicted octanol–water partition coefficient (Wildman–Crippen LogP) is 5.85. The van der Waals surface area contributed by atoms with E-state index in [4.69, 9.17) is 0 Å². The Hall–Kier alpha value is -1.74.